The van der Waals surface area contributed by atoms with E-state index < -0.39 is 41.0 Å². The predicted octanol–water partition coefficient (Wildman–Crippen LogP) is 4.45. The molecule has 9 heteroatoms. The van der Waals surface area contributed by atoms with Crippen molar-refractivity contribution >= 4 is 11.6 Å². The van der Waals surface area contributed by atoms with E-state index in [2.05, 4.69) is 0 Å². The van der Waals surface area contributed by atoms with Crippen molar-refractivity contribution in [1.82, 2.24) is 0 Å². The highest BCUT2D eigenvalue weighted by Gasteiger charge is 2.38. The molecule has 0 saturated carbocycles. The van der Waals surface area contributed by atoms with Crippen LogP contribution in [0.5, 0.6) is 0 Å². The molecule has 1 aromatic carbocycles. The Hall–Kier alpha value is -1.77. The van der Waals surface area contributed by atoms with E-state index in [1.165, 1.54) is 0 Å². The van der Waals surface area contributed by atoms with Crippen LogP contribution >= 0.6 is 0 Å². The summed E-state index contributed by atoms with van der Waals surface area (Å²) in [5, 5.41) is 0. The number of hydrogen-bond donors (Lipinski definition) is 1. The number of alkyl halides is 6. The van der Waals surface area contributed by atoms with Gasteiger partial charge in [0.25, 0.3) is 0 Å². The molecule has 3 nitrogen and oxygen atoms in total. The molecule has 1 rings (SSSR count). The third kappa shape index (κ3) is 5.62. The molecule has 1 amide bonds. The maximum atomic E-state index is 13.0. The van der Waals surface area contributed by atoms with E-state index >= 15 is 0 Å². The van der Waals surface area contributed by atoms with Gasteiger partial charge in [-0.1, -0.05) is 13.8 Å². The van der Waals surface area contributed by atoms with Crippen LogP contribution in [0.1, 0.15) is 37.8 Å². The Morgan fingerprint density at radius 2 is 1.56 bits per heavy atom. The molecule has 1 unspecified atom stereocenters. The van der Waals surface area contributed by atoms with Gasteiger partial charge in [0.2, 0.25) is 5.91 Å². The number of nitrogens with two attached hydrogens (primary N) is 1. The predicted molar refractivity (Wildman–Crippen MR) is 81.9 cm³/mol. The summed E-state index contributed by atoms with van der Waals surface area (Å²) in [6.45, 7) is 3.36. The van der Waals surface area contributed by atoms with Gasteiger partial charge in [0.1, 0.15) is 0 Å². The van der Waals surface area contributed by atoms with E-state index in [1.807, 2.05) is 0 Å². The number of anilines is 1. The van der Waals surface area contributed by atoms with Crippen molar-refractivity contribution in [3.63, 3.8) is 0 Å². The molecule has 1 aromatic rings. The fourth-order valence-corrected chi connectivity index (χ4v) is 2.15. The molecular weight excluding hydrogens is 350 g/mol. The number of amides is 1. The van der Waals surface area contributed by atoms with Crippen molar-refractivity contribution in [2.75, 3.05) is 18.0 Å². The molecule has 0 bridgehead atoms. The van der Waals surface area contributed by atoms with Gasteiger partial charge in [-0.05, 0) is 37.6 Å². The minimum absolute atomic E-state index is 0.0400. The standard InChI is InChI=1S/C16H20F6N2O/c1-3-10(2)14(25)24(6-4-5-23)13-8-11(15(17,18)19)7-12(9-13)16(20,21)22/h7-10H,3-6,23H2,1-2H3. The number of carbonyl (C=O) groups excluding carboxylic acids is 1. The van der Waals surface area contributed by atoms with Crippen LogP contribution in [0.4, 0.5) is 32.0 Å². The first-order valence-electron chi connectivity index (χ1n) is 7.72. The second kappa shape index (κ2) is 8.07. The van der Waals surface area contributed by atoms with Crippen LogP contribution in [0, 0.1) is 5.92 Å². The van der Waals surface area contributed by atoms with Crippen molar-refractivity contribution in [2.45, 2.75) is 39.0 Å². The number of carbonyl (C=O) groups is 1. The van der Waals surface area contributed by atoms with Crippen LogP contribution in [0.2, 0.25) is 0 Å². The minimum atomic E-state index is -4.96. The highest BCUT2D eigenvalue weighted by molar-refractivity contribution is 5.95. The van der Waals surface area contributed by atoms with Gasteiger partial charge in [0.05, 0.1) is 11.1 Å². The van der Waals surface area contributed by atoms with Crippen LogP contribution in [-0.4, -0.2) is 19.0 Å². The molecule has 25 heavy (non-hydrogen) atoms. The lowest BCUT2D eigenvalue weighted by atomic mass is 10.0. The third-order valence-corrected chi connectivity index (χ3v) is 3.77. The lowest BCUT2D eigenvalue weighted by Crippen LogP contribution is -2.37. The molecule has 0 heterocycles. The molecule has 1 atom stereocenters. The van der Waals surface area contributed by atoms with Gasteiger partial charge in [0.15, 0.2) is 0 Å². The Labute approximate surface area is 141 Å². The maximum absolute atomic E-state index is 13.0. The Bertz CT molecular complexity index is 565. The summed E-state index contributed by atoms with van der Waals surface area (Å²) in [5.41, 5.74) is 2.03. The zero-order valence-corrected chi connectivity index (χ0v) is 13.8. The number of hydrogen-bond acceptors (Lipinski definition) is 2. The van der Waals surface area contributed by atoms with Crippen LogP contribution in [0.3, 0.4) is 0 Å². The topological polar surface area (TPSA) is 46.3 Å². The van der Waals surface area contributed by atoms with Crippen LogP contribution in [0.25, 0.3) is 0 Å². The largest absolute Gasteiger partial charge is 0.416 e. The molecule has 0 aliphatic heterocycles. The number of nitrogens with zero attached hydrogens (tertiary/aromatic N) is 1. The maximum Gasteiger partial charge on any atom is 0.416 e. The van der Waals surface area contributed by atoms with Gasteiger partial charge in [0, 0.05) is 18.2 Å². The fraction of sp³-hybridized carbons (Fsp3) is 0.562. The van der Waals surface area contributed by atoms with E-state index in [9.17, 15) is 31.1 Å². The molecule has 0 aliphatic rings. The zero-order chi connectivity index (χ0) is 19.4. The van der Waals surface area contributed by atoms with Crippen LogP contribution < -0.4 is 10.6 Å². The second-order valence-electron chi connectivity index (χ2n) is 5.71. The van der Waals surface area contributed by atoms with Crippen molar-refractivity contribution < 1.29 is 31.1 Å². The highest BCUT2D eigenvalue weighted by atomic mass is 19.4. The summed E-state index contributed by atoms with van der Waals surface area (Å²) in [7, 11) is 0. The first-order valence-corrected chi connectivity index (χ1v) is 7.72. The molecule has 0 aliphatic carbocycles. The van der Waals surface area contributed by atoms with Crippen molar-refractivity contribution in [2.24, 2.45) is 11.7 Å². The van der Waals surface area contributed by atoms with Gasteiger partial charge in [-0.2, -0.15) is 26.3 Å². The van der Waals surface area contributed by atoms with Crippen LogP contribution in [0.15, 0.2) is 18.2 Å². The minimum Gasteiger partial charge on any atom is -0.330 e. The fourth-order valence-electron chi connectivity index (χ4n) is 2.15. The van der Waals surface area contributed by atoms with Gasteiger partial charge in [-0.15, -0.1) is 0 Å². The molecule has 2 N–H and O–H groups in total. The molecule has 0 saturated heterocycles. The van der Waals surface area contributed by atoms with Gasteiger partial charge >= 0.3 is 12.4 Å². The second-order valence-corrected chi connectivity index (χ2v) is 5.71. The Morgan fingerprint density at radius 1 is 1.08 bits per heavy atom. The smallest absolute Gasteiger partial charge is 0.330 e. The first-order chi connectivity index (χ1) is 11.4. The first kappa shape index (κ1) is 21.3. The molecule has 142 valence electrons. The lowest BCUT2D eigenvalue weighted by Gasteiger charge is -2.27. The normalized spacial score (nSPS) is 13.6. The Balaban J connectivity index is 3.48. The molecule has 0 spiro atoms. The molecule has 0 aromatic heterocycles. The van der Waals surface area contributed by atoms with Crippen molar-refractivity contribution in [3.05, 3.63) is 29.3 Å². The van der Waals surface area contributed by atoms with E-state index in [4.69, 9.17) is 5.73 Å². The summed E-state index contributed by atoms with van der Waals surface area (Å²) in [6.07, 6.45) is -9.27. The quantitative estimate of drug-likeness (QED) is 0.752. The molecular formula is C16H20F6N2O. The van der Waals surface area contributed by atoms with E-state index in [0.29, 0.717) is 18.6 Å². The SMILES string of the molecule is CCC(C)C(=O)N(CCCN)c1cc(C(F)(F)F)cc(C(F)(F)F)c1. The number of rotatable bonds is 6. The van der Waals surface area contributed by atoms with E-state index in [1.54, 1.807) is 13.8 Å². The number of halogens is 6. The Kier molecular flexibility index (Phi) is 6.87. The molecule has 0 fully saturated rings. The van der Waals surface area contributed by atoms with Gasteiger partial charge in [-0.25, -0.2) is 0 Å². The lowest BCUT2D eigenvalue weighted by molar-refractivity contribution is -0.143. The highest BCUT2D eigenvalue weighted by Crippen LogP contribution is 2.38. The summed E-state index contributed by atoms with van der Waals surface area (Å²) in [5.74, 6) is -1.08. The summed E-state index contributed by atoms with van der Waals surface area (Å²) >= 11 is 0. The van der Waals surface area contributed by atoms with Gasteiger partial charge in [-0.3, -0.25) is 4.79 Å². The van der Waals surface area contributed by atoms with Gasteiger partial charge < -0.3 is 10.6 Å². The monoisotopic (exact) mass is 370 g/mol. The zero-order valence-electron chi connectivity index (χ0n) is 13.8. The van der Waals surface area contributed by atoms with Crippen molar-refractivity contribution in [1.29, 1.82) is 0 Å². The van der Waals surface area contributed by atoms with E-state index in [0.717, 1.165) is 4.90 Å². The summed E-state index contributed by atoms with van der Waals surface area (Å²) in [6, 6.07) is 1.16. The van der Waals surface area contributed by atoms with Crippen molar-refractivity contribution in [3.8, 4) is 0 Å². The third-order valence-electron chi connectivity index (χ3n) is 3.77. The van der Waals surface area contributed by atoms with Crippen LogP contribution in [-0.2, 0) is 17.1 Å². The molecule has 0 radical (unpaired) electrons. The summed E-state index contributed by atoms with van der Waals surface area (Å²) < 4.78 is 77.9. The van der Waals surface area contributed by atoms with E-state index in [-0.39, 0.29) is 25.6 Å². The average Bonchev–Trinajstić information content (AvgIpc) is 2.52. The Morgan fingerprint density at radius 3 is 1.92 bits per heavy atom. The summed E-state index contributed by atoms with van der Waals surface area (Å²) in [4.78, 5) is 13.4. The number of benzene rings is 1. The average molecular weight is 370 g/mol.